The molecule has 2 aromatic rings. The van der Waals surface area contributed by atoms with Crippen molar-refractivity contribution in [2.75, 3.05) is 17.2 Å². The van der Waals surface area contributed by atoms with E-state index >= 15 is 0 Å². The number of amides is 1. The maximum Gasteiger partial charge on any atom is 0.258 e. The number of fused-ring (bicyclic) bond motifs is 1. The Labute approximate surface area is 117 Å². The van der Waals surface area contributed by atoms with Crippen molar-refractivity contribution in [3.8, 4) is 5.75 Å². The SMILES string of the molecule is Nc1ccc2c(c1)N(C(=O)c1cccc(O)c1)CCC2. The van der Waals surface area contributed by atoms with Crippen LogP contribution in [0.15, 0.2) is 42.5 Å². The predicted molar refractivity (Wildman–Crippen MR) is 79.0 cm³/mol. The summed E-state index contributed by atoms with van der Waals surface area (Å²) in [5.41, 5.74) is 8.98. The fourth-order valence-electron chi connectivity index (χ4n) is 2.60. The monoisotopic (exact) mass is 268 g/mol. The maximum absolute atomic E-state index is 12.6. The van der Waals surface area contributed by atoms with E-state index in [1.54, 1.807) is 23.1 Å². The van der Waals surface area contributed by atoms with Gasteiger partial charge in [-0.05, 0) is 48.7 Å². The summed E-state index contributed by atoms with van der Waals surface area (Å²) in [5.74, 6) is -0.00638. The van der Waals surface area contributed by atoms with Crippen LogP contribution in [0.5, 0.6) is 5.75 Å². The van der Waals surface area contributed by atoms with Gasteiger partial charge in [-0.25, -0.2) is 0 Å². The first kappa shape index (κ1) is 12.5. The van der Waals surface area contributed by atoms with E-state index in [4.69, 9.17) is 5.73 Å². The number of hydrogen-bond acceptors (Lipinski definition) is 3. The van der Waals surface area contributed by atoms with Crippen LogP contribution in [0.1, 0.15) is 22.3 Å². The summed E-state index contributed by atoms with van der Waals surface area (Å²) in [7, 11) is 0. The number of anilines is 2. The second kappa shape index (κ2) is 4.89. The van der Waals surface area contributed by atoms with Gasteiger partial charge in [-0.2, -0.15) is 0 Å². The Bertz CT molecular complexity index is 667. The predicted octanol–water partition coefficient (Wildman–Crippen LogP) is 2.57. The third-order valence-corrected chi connectivity index (χ3v) is 3.57. The first-order valence-electron chi connectivity index (χ1n) is 6.64. The van der Waals surface area contributed by atoms with Crippen LogP contribution in [-0.2, 0) is 6.42 Å². The molecule has 0 saturated carbocycles. The number of phenolic OH excluding ortho intramolecular Hbond substituents is 1. The van der Waals surface area contributed by atoms with Crippen molar-refractivity contribution in [3.05, 3.63) is 53.6 Å². The van der Waals surface area contributed by atoms with Gasteiger partial charge in [-0.15, -0.1) is 0 Å². The fraction of sp³-hybridized carbons (Fsp3) is 0.188. The highest BCUT2D eigenvalue weighted by atomic mass is 16.3. The van der Waals surface area contributed by atoms with Gasteiger partial charge < -0.3 is 15.7 Å². The smallest absolute Gasteiger partial charge is 0.258 e. The molecule has 0 saturated heterocycles. The number of phenols is 1. The van der Waals surface area contributed by atoms with Gasteiger partial charge >= 0.3 is 0 Å². The number of benzene rings is 2. The van der Waals surface area contributed by atoms with Crippen molar-refractivity contribution in [3.63, 3.8) is 0 Å². The summed E-state index contributed by atoms with van der Waals surface area (Å²) in [6.45, 7) is 0.672. The zero-order valence-electron chi connectivity index (χ0n) is 11.0. The lowest BCUT2D eigenvalue weighted by atomic mass is 10.00. The first-order valence-corrected chi connectivity index (χ1v) is 6.64. The Kier molecular flexibility index (Phi) is 3.06. The maximum atomic E-state index is 12.6. The molecular formula is C16H16N2O2. The number of carbonyl (C=O) groups is 1. The number of nitrogens with zero attached hydrogens (tertiary/aromatic N) is 1. The van der Waals surface area contributed by atoms with Gasteiger partial charge in [0.1, 0.15) is 5.75 Å². The molecule has 1 amide bonds. The van der Waals surface area contributed by atoms with Crippen molar-refractivity contribution in [2.45, 2.75) is 12.8 Å². The molecule has 1 aliphatic heterocycles. The van der Waals surface area contributed by atoms with E-state index in [9.17, 15) is 9.90 Å². The van der Waals surface area contributed by atoms with Crippen LogP contribution in [0.25, 0.3) is 0 Å². The topological polar surface area (TPSA) is 66.6 Å². The normalized spacial score (nSPS) is 13.9. The van der Waals surface area contributed by atoms with E-state index in [-0.39, 0.29) is 11.7 Å². The lowest BCUT2D eigenvalue weighted by Gasteiger charge is -2.29. The Morgan fingerprint density at radius 1 is 1.20 bits per heavy atom. The van der Waals surface area contributed by atoms with Gasteiger partial charge in [0.25, 0.3) is 5.91 Å². The first-order chi connectivity index (χ1) is 9.65. The van der Waals surface area contributed by atoms with Crippen LogP contribution in [0.3, 0.4) is 0 Å². The average Bonchev–Trinajstić information content (AvgIpc) is 2.46. The molecule has 1 heterocycles. The molecule has 3 N–H and O–H groups in total. The van der Waals surface area contributed by atoms with Gasteiger partial charge in [0.2, 0.25) is 0 Å². The zero-order chi connectivity index (χ0) is 14.1. The number of aromatic hydroxyl groups is 1. The Hall–Kier alpha value is -2.49. The molecule has 102 valence electrons. The van der Waals surface area contributed by atoms with E-state index in [0.717, 1.165) is 24.1 Å². The van der Waals surface area contributed by atoms with E-state index in [1.807, 2.05) is 18.2 Å². The number of nitrogens with two attached hydrogens (primary N) is 1. The van der Waals surface area contributed by atoms with Crippen LogP contribution in [0.4, 0.5) is 11.4 Å². The second-order valence-corrected chi connectivity index (χ2v) is 5.00. The van der Waals surface area contributed by atoms with Crippen molar-refractivity contribution in [1.82, 2.24) is 0 Å². The van der Waals surface area contributed by atoms with Crippen molar-refractivity contribution >= 4 is 17.3 Å². The van der Waals surface area contributed by atoms with Crippen molar-refractivity contribution in [1.29, 1.82) is 0 Å². The van der Waals surface area contributed by atoms with Gasteiger partial charge in [-0.3, -0.25) is 4.79 Å². The van der Waals surface area contributed by atoms with Gasteiger partial charge in [0, 0.05) is 23.5 Å². The summed E-state index contributed by atoms with van der Waals surface area (Å²) in [6, 6.07) is 12.1. The standard InChI is InChI=1S/C16H16N2O2/c17-13-7-6-11-4-2-8-18(15(11)10-13)16(20)12-3-1-5-14(19)9-12/h1,3,5-7,9-10,19H,2,4,8,17H2. The molecule has 4 nitrogen and oxygen atoms in total. The zero-order valence-corrected chi connectivity index (χ0v) is 11.0. The molecule has 0 aliphatic carbocycles. The quantitative estimate of drug-likeness (QED) is 0.781. The Morgan fingerprint density at radius 3 is 2.85 bits per heavy atom. The Balaban J connectivity index is 2.00. The Morgan fingerprint density at radius 2 is 2.05 bits per heavy atom. The molecule has 0 spiro atoms. The van der Waals surface area contributed by atoms with E-state index < -0.39 is 0 Å². The minimum Gasteiger partial charge on any atom is -0.508 e. The summed E-state index contributed by atoms with van der Waals surface area (Å²) in [5, 5.41) is 9.51. The third-order valence-electron chi connectivity index (χ3n) is 3.57. The molecule has 0 atom stereocenters. The summed E-state index contributed by atoms with van der Waals surface area (Å²) < 4.78 is 0. The van der Waals surface area contributed by atoms with E-state index in [1.165, 1.54) is 6.07 Å². The molecule has 20 heavy (non-hydrogen) atoms. The van der Waals surface area contributed by atoms with Crippen LogP contribution in [0.2, 0.25) is 0 Å². The number of carbonyl (C=O) groups excluding carboxylic acids is 1. The highest BCUT2D eigenvalue weighted by molar-refractivity contribution is 6.07. The van der Waals surface area contributed by atoms with Crippen LogP contribution < -0.4 is 10.6 Å². The summed E-state index contributed by atoms with van der Waals surface area (Å²) >= 11 is 0. The molecule has 1 aliphatic rings. The molecule has 0 radical (unpaired) electrons. The highest BCUT2D eigenvalue weighted by Crippen LogP contribution is 2.30. The number of hydrogen-bond donors (Lipinski definition) is 2. The van der Waals surface area contributed by atoms with E-state index in [2.05, 4.69) is 0 Å². The number of aryl methyl sites for hydroxylation is 1. The number of nitrogen functional groups attached to an aromatic ring is 1. The van der Waals surface area contributed by atoms with Gasteiger partial charge in [0.05, 0.1) is 0 Å². The molecule has 3 rings (SSSR count). The van der Waals surface area contributed by atoms with Crippen molar-refractivity contribution < 1.29 is 9.90 Å². The van der Waals surface area contributed by atoms with Crippen molar-refractivity contribution in [2.24, 2.45) is 0 Å². The van der Waals surface area contributed by atoms with Gasteiger partial charge in [0.15, 0.2) is 0 Å². The molecule has 0 fully saturated rings. The average molecular weight is 268 g/mol. The molecular weight excluding hydrogens is 252 g/mol. The molecule has 0 bridgehead atoms. The number of rotatable bonds is 1. The lowest BCUT2D eigenvalue weighted by Crippen LogP contribution is -2.35. The van der Waals surface area contributed by atoms with E-state index in [0.29, 0.717) is 17.8 Å². The minimum atomic E-state index is -0.104. The summed E-state index contributed by atoms with van der Waals surface area (Å²) in [4.78, 5) is 14.3. The third kappa shape index (κ3) is 2.20. The van der Waals surface area contributed by atoms with Crippen LogP contribution >= 0.6 is 0 Å². The second-order valence-electron chi connectivity index (χ2n) is 5.00. The van der Waals surface area contributed by atoms with Gasteiger partial charge in [-0.1, -0.05) is 12.1 Å². The molecule has 0 aromatic heterocycles. The largest absolute Gasteiger partial charge is 0.508 e. The lowest BCUT2D eigenvalue weighted by molar-refractivity contribution is 0.0985. The molecule has 2 aromatic carbocycles. The van der Waals surface area contributed by atoms with Crippen LogP contribution in [-0.4, -0.2) is 17.6 Å². The molecule has 0 unspecified atom stereocenters. The fourth-order valence-corrected chi connectivity index (χ4v) is 2.60. The highest BCUT2D eigenvalue weighted by Gasteiger charge is 2.23. The van der Waals surface area contributed by atoms with Crippen LogP contribution in [0, 0.1) is 0 Å². The summed E-state index contributed by atoms with van der Waals surface area (Å²) in [6.07, 6.45) is 1.89. The minimum absolute atomic E-state index is 0.0978. The molecule has 4 heteroatoms.